The second-order valence-corrected chi connectivity index (χ2v) is 5.87. The number of hydrogen-bond acceptors (Lipinski definition) is 4. The van der Waals surface area contributed by atoms with E-state index >= 15 is 0 Å². The molecule has 1 amide bonds. The van der Waals surface area contributed by atoms with Gasteiger partial charge in [0, 0.05) is 19.6 Å². The van der Waals surface area contributed by atoms with Gasteiger partial charge < -0.3 is 20.9 Å². The Labute approximate surface area is 117 Å². The summed E-state index contributed by atoms with van der Waals surface area (Å²) in [5.74, 6) is -0.243. The zero-order valence-corrected chi connectivity index (χ0v) is 12.7. The second kappa shape index (κ2) is 7.82. The van der Waals surface area contributed by atoms with Gasteiger partial charge in [0.05, 0.1) is 5.54 Å². The molecule has 1 aliphatic rings. The molecule has 1 aliphatic heterocycles. The molecule has 0 aromatic carbocycles. The van der Waals surface area contributed by atoms with Gasteiger partial charge in [-0.15, -0.1) is 0 Å². The van der Waals surface area contributed by atoms with Crippen molar-refractivity contribution in [3.05, 3.63) is 0 Å². The molecule has 5 nitrogen and oxygen atoms in total. The first kappa shape index (κ1) is 16.4. The Morgan fingerprint density at radius 1 is 1.32 bits per heavy atom. The van der Waals surface area contributed by atoms with Crippen LogP contribution in [0.25, 0.3) is 0 Å². The zero-order chi connectivity index (χ0) is 14.3. The molecule has 0 saturated carbocycles. The van der Waals surface area contributed by atoms with Crippen LogP contribution in [0, 0.1) is 0 Å². The van der Waals surface area contributed by atoms with E-state index in [9.17, 15) is 4.79 Å². The summed E-state index contributed by atoms with van der Waals surface area (Å²) >= 11 is 0. The van der Waals surface area contributed by atoms with Gasteiger partial charge in [-0.25, -0.2) is 0 Å². The van der Waals surface area contributed by atoms with Crippen molar-refractivity contribution < 1.29 is 4.79 Å². The molecule has 1 unspecified atom stereocenters. The van der Waals surface area contributed by atoms with E-state index in [0.717, 1.165) is 52.1 Å². The predicted molar refractivity (Wildman–Crippen MR) is 79.1 cm³/mol. The molecular weight excluding hydrogens is 240 g/mol. The molecule has 3 N–H and O–H groups in total. The van der Waals surface area contributed by atoms with Gasteiger partial charge in [0.1, 0.15) is 0 Å². The van der Waals surface area contributed by atoms with Gasteiger partial charge in [0.2, 0.25) is 5.91 Å². The lowest BCUT2D eigenvalue weighted by molar-refractivity contribution is -0.124. The van der Waals surface area contributed by atoms with Crippen LogP contribution in [0.2, 0.25) is 0 Å². The molecule has 0 bridgehead atoms. The molecule has 1 heterocycles. The number of likely N-dealkylation sites (N-methyl/N-ethyl adjacent to an activating group) is 1. The predicted octanol–water partition coefficient (Wildman–Crippen LogP) is 0.258. The summed E-state index contributed by atoms with van der Waals surface area (Å²) in [6.45, 7) is 10.3. The highest BCUT2D eigenvalue weighted by atomic mass is 16.1. The van der Waals surface area contributed by atoms with Crippen molar-refractivity contribution in [1.29, 1.82) is 0 Å². The Morgan fingerprint density at radius 2 is 2.05 bits per heavy atom. The van der Waals surface area contributed by atoms with Crippen molar-refractivity contribution in [1.82, 2.24) is 15.1 Å². The zero-order valence-electron chi connectivity index (χ0n) is 12.7. The summed E-state index contributed by atoms with van der Waals surface area (Å²) < 4.78 is 0. The van der Waals surface area contributed by atoms with E-state index in [-0.39, 0.29) is 5.91 Å². The van der Waals surface area contributed by atoms with Crippen molar-refractivity contribution in [3.63, 3.8) is 0 Å². The van der Waals surface area contributed by atoms with Crippen LogP contribution in [0.4, 0.5) is 0 Å². The van der Waals surface area contributed by atoms with Crippen molar-refractivity contribution in [2.24, 2.45) is 5.73 Å². The number of nitrogens with two attached hydrogens (primary N) is 1. The number of carbonyl (C=O) groups is 1. The summed E-state index contributed by atoms with van der Waals surface area (Å²) in [7, 11) is 2.17. The number of primary amides is 1. The Hall–Kier alpha value is -0.650. The average molecular weight is 270 g/mol. The third-order valence-electron chi connectivity index (χ3n) is 4.05. The van der Waals surface area contributed by atoms with Crippen LogP contribution in [0.1, 0.15) is 33.1 Å². The van der Waals surface area contributed by atoms with Crippen LogP contribution >= 0.6 is 0 Å². The van der Waals surface area contributed by atoms with Gasteiger partial charge in [-0.1, -0.05) is 6.92 Å². The molecular formula is C14H30N4O. The largest absolute Gasteiger partial charge is 0.368 e. The van der Waals surface area contributed by atoms with E-state index in [2.05, 4.69) is 29.1 Å². The molecule has 1 fully saturated rings. The Balaban J connectivity index is 2.44. The third kappa shape index (κ3) is 5.47. The smallest absolute Gasteiger partial charge is 0.237 e. The fraction of sp³-hybridized carbons (Fsp3) is 0.929. The number of nitrogens with zero attached hydrogens (tertiary/aromatic N) is 2. The summed E-state index contributed by atoms with van der Waals surface area (Å²) in [6, 6.07) is 0. The molecule has 5 heteroatoms. The summed E-state index contributed by atoms with van der Waals surface area (Å²) in [6.07, 6.45) is 3.00. The normalized spacial score (nSPS) is 21.8. The Kier molecular flexibility index (Phi) is 6.75. The molecule has 1 atom stereocenters. The van der Waals surface area contributed by atoms with E-state index in [1.165, 1.54) is 6.42 Å². The van der Waals surface area contributed by atoms with Gasteiger partial charge >= 0.3 is 0 Å². The van der Waals surface area contributed by atoms with Gasteiger partial charge in [-0.05, 0) is 52.9 Å². The number of nitrogens with one attached hydrogen (secondary N) is 1. The Morgan fingerprint density at radius 3 is 2.68 bits per heavy atom. The van der Waals surface area contributed by atoms with Crippen LogP contribution in [0.3, 0.4) is 0 Å². The highest BCUT2D eigenvalue weighted by molar-refractivity contribution is 5.84. The molecule has 19 heavy (non-hydrogen) atoms. The first-order valence-electron chi connectivity index (χ1n) is 7.44. The number of hydrogen-bond donors (Lipinski definition) is 2. The van der Waals surface area contributed by atoms with Crippen molar-refractivity contribution in [2.75, 3.05) is 46.3 Å². The number of amides is 1. The minimum atomic E-state index is -0.575. The van der Waals surface area contributed by atoms with Crippen LogP contribution in [-0.4, -0.2) is 67.6 Å². The maximum Gasteiger partial charge on any atom is 0.237 e. The van der Waals surface area contributed by atoms with Crippen molar-refractivity contribution >= 4 is 5.91 Å². The standard InChI is InChI=1S/C14H30N4O/c1-4-7-16-14(2,13(15)19)6-10-18-9-5-8-17(3)11-12-18/h16H,4-12H2,1-3H3,(H2,15,19). The topological polar surface area (TPSA) is 61.6 Å². The fourth-order valence-corrected chi connectivity index (χ4v) is 2.40. The van der Waals surface area contributed by atoms with Gasteiger partial charge in [-0.3, -0.25) is 4.79 Å². The lowest BCUT2D eigenvalue weighted by Gasteiger charge is -2.30. The first-order chi connectivity index (χ1) is 8.98. The summed E-state index contributed by atoms with van der Waals surface area (Å²) in [4.78, 5) is 16.5. The average Bonchev–Trinajstić information content (AvgIpc) is 2.58. The highest BCUT2D eigenvalue weighted by Crippen LogP contribution is 2.12. The van der Waals surface area contributed by atoms with Crippen LogP contribution in [0.5, 0.6) is 0 Å². The second-order valence-electron chi connectivity index (χ2n) is 5.87. The van der Waals surface area contributed by atoms with Crippen LogP contribution < -0.4 is 11.1 Å². The van der Waals surface area contributed by atoms with Crippen molar-refractivity contribution in [2.45, 2.75) is 38.6 Å². The van der Waals surface area contributed by atoms with E-state index in [0.29, 0.717) is 0 Å². The Bertz CT molecular complexity index is 285. The van der Waals surface area contributed by atoms with Gasteiger partial charge in [0.25, 0.3) is 0 Å². The quantitative estimate of drug-likeness (QED) is 0.696. The van der Waals surface area contributed by atoms with E-state index in [1.807, 2.05) is 6.92 Å². The van der Waals surface area contributed by atoms with Crippen molar-refractivity contribution in [3.8, 4) is 0 Å². The molecule has 112 valence electrons. The minimum absolute atomic E-state index is 0.243. The lowest BCUT2D eigenvalue weighted by atomic mass is 9.96. The minimum Gasteiger partial charge on any atom is -0.368 e. The summed E-state index contributed by atoms with van der Waals surface area (Å²) in [5.41, 5.74) is 4.98. The summed E-state index contributed by atoms with van der Waals surface area (Å²) in [5, 5.41) is 3.30. The number of rotatable bonds is 7. The molecule has 0 aromatic heterocycles. The molecule has 0 aromatic rings. The van der Waals surface area contributed by atoms with Crippen LogP contribution in [0.15, 0.2) is 0 Å². The van der Waals surface area contributed by atoms with E-state index < -0.39 is 5.54 Å². The van der Waals surface area contributed by atoms with E-state index in [1.54, 1.807) is 0 Å². The fourth-order valence-electron chi connectivity index (χ4n) is 2.40. The monoisotopic (exact) mass is 270 g/mol. The SMILES string of the molecule is CCCNC(C)(CCN1CCCN(C)CC1)C(N)=O. The number of carbonyl (C=O) groups excluding carboxylic acids is 1. The van der Waals surface area contributed by atoms with Gasteiger partial charge in [0.15, 0.2) is 0 Å². The first-order valence-corrected chi connectivity index (χ1v) is 7.44. The molecule has 1 rings (SSSR count). The maximum absolute atomic E-state index is 11.7. The third-order valence-corrected chi connectivity index (χ3v) is 4.05. The maximum atomic E-state index is 11.7. The molecule has 0 spiro atoms. The molecule has 0 radical (unpaired) electrons. The van der Waals surface area contributed by atoms with Gasteiger partial charge in [-0.2, -0.15) is 0 Å². The highest BCUT2D eigenvalue weighted by Gasteiger charge is 2.30. The van der Waals surface area contributed by atoms with Crippen LogP contribution in [-0.2, 0) is 4.79 Å². The molecule has 1 saturated heterocycles. The molecule has 0 aliphatic carbocycles. The lowest BCUT2D eigenvalue weighted by Crippen LogP contribution is -2.55. The van der Waals surface area contributed by atoms with E-state index in [4.69, 9.17) is 5.73 Å².